The lowest BCUT2D eigenvalue weighted by Crippen LogP contribution is -2.27. The Morgan fingerprint density at radius 2 is 2.15 bits per heavy atom. The van der Waals surface area contributed by atoms with E-state index in [0.29, 0.717) is 22.2 Å². The van der Waals surface area contributed by atoms with Crippen molar-refractivity contribution in [3.63, 3.8) is 0 Å². The number of fused-ring (bicyclic) bond motifs is 2. The Bertz CT molecular complexity index is 1010. The number of rotatable bonds is 3. The van der Waals surface area contributed by atoms with Gasteiger partial charge in [0.1, 0.15) is 11.6 Å². The molecule has 2 aromatic heterocycles. The van der Waals surface area contributed by atoms with Gasteiger partial charge >= 0.3 is 0 Å². The molecule has 0 saturated heterocycles. The van der Waals surface area contributed by atoms with E-state index in [2.05, 4.69) is 10.3 Å². The number of aromatic nitrogens is 2. The van der Waals surface area contributed by atoms with Crippen LogP contribution in [0.1, 0.15) is 54.2 Å². The molecule has 6 nitrogen and oxygen atoms in total. The Morgan fingerprint density at radius 1 is 1.27 bits per heavy atom. The highest BCUT2D eigenvalue weighted by atomic mass is 16.3. The highest BCUT2D eigenvalue weighted by Gasteiger charge is 2.17. The molecule has 1 N–H and O–H groups in total. The van der Waals surface area contributed by atoms with E-state index in [1.165, 1.54) is 0 Å². The maximum absolute atomic E-state index is 12.8. The van der Waals surface area contributed by atoms with Crippen LogP contribution in [0.4, 0.5) is 0 Å². The normalized spacial score (nSPS) is 15.3. The summed E-state index contributed by atoms with van der Waals surface area (Å²) in [6.45, 7) is 2.59. The van der Waals surface area contributed by atoms with Crippen LogP contribution in [0.25, 0.3) is 10.9 Å². The quantitative estimate of drug-likeness (QED) is 0.786. The first kappa shape index (κ1) is 16.6. The fraction of sp³-hybridized carbons (Fsp3) is 0.350. The SMILES string of the molecule is C[C@H](NC(=O)c1ccc2c(=O)n3c(nc2c1)CCCCC3)c1ccco1. The molecule has 0 bridgehead atoms. The Labute approximate surface area is 150 Å². The van der Waals surface area contributed by atoms with Gasteiger partial charge in [-0.1, -0.05) is 6.42 Å². The summed E-state index contributed by atoms with van der Waals surface area (Å²) in [4.78, 5) is 30.0. The Morgan fingerprint density at radius 3 is 2.96 bits per heavy atom. The van der Waals surface area contributed by atoms with Crippen molar-refractivity contribution >= 4 is 16.8 Å². The average molecular weight is 351 g/mol. The monoisotopic (exact) mass is 351 g/mol. The molecule has 1 aliphatic rings. The minimum absolute atomic E-state index is 0.0113. The maximum Gasteiger partial charge on any atom is 0.261 e. The van der Waals surface area contributed by atoms with Crippen LogP contribution >= 0.6 is 0 Å². The van der Waals surface area contributed by atoms with Crippen molar-refractivity contribution in [2.45, 2.75) is 45.2 Å². The van der Waals surface area contributed by atoms with Crippen LogP contribution in [0.15, 0.2) is 45.8 Å². The summed E-state index contributed by atoms with van der Waals surface area (Å²) in [6, 6.07) is 8.46. The molecule has 0 spiro atoms. The predicted molar refractivity (Wildman–Crippen MR) is 98.1 cm³/mol. The van der Waals surface area contributed by atoms with Gasteiger partial charge < -0.3 is 9.73 Å². The summed E-state index contributed by atoms with van der Waals surface area (Å²) in [6.07, 6.45) is 5.54. The summed E-state index contributed by atoms with van der Waals surface area (Å²) in [5.41, 5.74) is 1.06. The van der Waals surface area contributed by atoms with Gasteiger partial charge in [0.2, 0.25) is 0 Å². The molecule has 4 rings (SSSR count). The molecule has 0 radical (unpaired) electrons. The molecule has 0 saturated carbocycles. The Balaban J connectivity index is 1.67. The second kappa shape index (κ2) is 6.78. The van der Waals surface area contributed by atoms with Gasteiger partial charge in [-0.15, -0.1) is 0 Å². The molecule has 3 aromatic rings. The van der Waals surface area contributed by atoms with Gasteiger partial charge in [-0.05, 0) is 50.1 Å². The molecule has 1 aliphatic heterocycles. The van der Waals surface area contributed by atoms with Crippen LogP contribution in [0.5, 0.6) is 0 Å². The highest BCUT2D eigenvalue weighted by molar-refractivity contribution is 5.97. The molecule has 0 fully saturated rings. The summed E-state index contributed by atoms with van der Waals surface area (Å²) >= 11 is 0. The van der Waals surface area contributed by atoms with Gasteiger partial charge in [0.05, 0.1) is 23.2 Å². The lowest BCUT2D eigenvalue weighted by molar-refractivity contribution is 0.0935. The Hall–Kier alpha value is -2.89. The largest absolute Gasteiger partial charge is 0.467 e. The van der Waals surface area contributed by atoms with Crippen molar-refractivity contribution in [3.8, 4) is 0 Å². The number of benzene rings is 1. The third-order valence-electron chi connectivity index (χ3n) is 4.90. The van der Waals surface area contributed by atoms with Crippen LogP contribution in [0, 0.1) is 0 Å². The number of hydrogen-bond acceptors (Lipinski definition) is 4. The molecule has 3 heterocycles. The van der Waals surface area contributed by atoms with E-state index < -0.39 is 0 Å². The third kappa shape index (κ3) is 3.03. The van der Waals surface area contributed by atoms with Gasteiger partial charge in [0.15, 0.2) is 0 Å². The van der Waals surface area contributed by atoms with Gasteiger partial charge in [-0.2, -0.15) is 0 Å². The van der Waals surface area contributed by atoms with E-state index in [1.807, 2.05) is 13.0 Å². The number of carbonyl (C=O) groups is 1. The molecule has 6 heteroatoms. The summed E-state index contributed by atoms with van der Waals surface area (Å²) in [5.74, 6) is 1.30. The molecule has 134 valence electrons. The second-order valence-corrected chi connectivity index (χ2v) is 6.74. The van der Waals surface area contributed by atoms with Crippen molar-refractivity contribution in [2.24, 2.45) is 0 Å². The molecule has 26 heavy (non-hydrogen) atoms. The number of furan rings is 1. The van der Waals surface area contributed by atoms with Crippen molar-refractivity contribution in [1.82, 2.24) is 14.9 Å². The fourth-order valence-electron chi connectivity index (χ4n) is 3.45. The molecule has 0 aliphatic carbocycles. The summed E-state index contributed by atoms with van der Waals surface area (Å²) < 4.78 is 7.11. The fourth-order valence-corrected chi connectivity index (χ4v) is 3.45. The van der Waals surface area contributed by atoms with Crippen molar-refractivity contribution in [2.75, 3.05) is 0 Å². The zero-order chi connectivity index (χ0) is 18.1. The zero-order valence-electron chi connectivity index (χ0n) is 14.7. The van der Waals surface area contributed by atoms with E-state index >= 15 is 0 Å². The summed E-state index contributed by atoms with van der Waals surface area (Å²) in [7, 11) is 0. The molecular formula is C20H21N3O3. The topological polar surface area (TPSA) is 77.1 Å². The van der Waals surface area contributed by atoms with Gasteiger partial charge in [-0.25, -0.2) is 4.98 Å². The number of aryl methyl sites for hydroxylation is 1. The van der Waals surface area contributed by atoms with Crippen molar-refractivity contribution in [3.05, 3.63) is 64.1 Å². The van der Waals surface area contributed by atoms with Crippen molar-refractivity contribution in [1.29, 1.82) is 0 Å². The van der Waals surface area contributed by atoms with Gasteiger partial charge in [0.25, 0.3) is 11.5 Å². The summed E-state index contributed by atoms with van der Waals surface area (Å²) in [5, 5.41) is 3.47. The molecule has 0 unspecified atom stereocenters. The van der Waals surface area contributed by atoms with Crippen LogP contribution in [-0.4, -0.2) is 15.5 Å². The first-order valence-corrected chi connectivity index (χ1v) is 9.01. The van der Waals surface area contributed by atoms with Gasteiger partial charge in [0, 0.05) is 18.5 Å². The molecular weight excluding hydrogens is 330 g/mol. The third-order valence-corrected chi connectivity index (χ3v) is 4.90. The molecule has 1 amide bonds. The van der Waals surface area contributed by atoms with E-state index in [1.54, 1.807) is 35.1 Å². The van der Waals surface area contributed by atoms with Gasteiger partial charge in [-0.3, -0.25) is 14.2 Å². The number of nitrogens with zero attached hydrogens (tertiary/aromatic N) is 2. The van der Waals surface area contributed by atoms with E-state index in [4.69, 9.17) is 4.42 Å². The van der Waals surface area contributed by atoms with E-state index in [9.17, 15) is 9.59 Å². The van der Waals surface area contributed by atoms with Crippen LogP contribution in [-0.2, 0) is 13.0 Å². The van der Waals surface area contributed by atoms with Crippen LogP contribution < -0.4 is 10.9 Å². The number of nitrogens with one attached hydrogen (secondary N) is 1. The first-order valence-electron chi connectivity index (χ1n) is 9.01. The van der Waals surface area contributed by atoms with Crippen molar-refractivity contribution < 1.29 is 9.21 Å². The predicted octanol–water partition coefficient (Wildman–Crippen LogP) is 3.21. The zero-order valence-corrected chi connectivity index (χ0v) is 14.7. The average Bonchev–Trinajstić information content (AvgIpc) is 3.08. The minimum atomic E-state index is -0.237. The van der Waals surface area contributed by atoms with E-state index in [0.717, 1.165) is 38.1 Å². The van der Waals surface area contributed by atoms with E-state index in [-0.39, 0.29) is 17.5 Å². The number of amides is 1. The standard InChI is InChI=1S/C20H21N3O3/c1-13(17-6-5-11-26-17)21-19(24)14-8-9-15-16(12-14)22-18-7-3-2-4-10-23(18)20(15)25/h5-6,8-9,11-13H,2-4,7,10H2,1H3,(H,21,24)/t13-/m0/s1. The molecule has 1 aromatic carbocycles. The first-order chi connectivity index (χ1) is 12.6. The smallest absolute Gasteiger partial charge is 0.261 e. The van der Waals surface area contributed by atoms with Crippen LogP contribution in [0.2, 0.25) is 0 Å². The lowest BCUT2D eigenvalue weighted by Gasteiger charge is -2.13. The molecule has 1 atom stereocenters. The minimum Gasteiger partial charge on any atom is -0.467 e. The number of hydrogen-bond donors (Lipinski definition) is 1. The van der Waals surface area contributed by atoms with Crippen LogP contribution in [0.3, 0.4) is 0 Å². The lowest BCUT2D eigenvalue weighted by atomic mass is 10.1. The number of carbonyl (C=O) groups excluding carboxylic acids is 1. The Kier molecular flexibility index (Phi) is 4.32. The highest BCUT2D eigenvalue weighted by Crippen LogP contribution is 2.18. The second-order valence-electron chi connectivity index (χ2n) is 6.74. The maximum atomic E-state index is 12.8.